The van der Waals surface area contributed by atoms with E-state index in [-0.39, 0.29) is 0 Å². The van der Waals surface area contributed by atoms with Gasteiger partial charge in [0.15, 0.2) is 0 Å². The van der Waals surface area contributed by atoms with Crippen molar-refractivity contribution >= 4 is 16.9 Å². The van der Waals surface area contributed by atoms with Crippen molar-refractivity contribution in [2.75, 3.05) is 0 Å². The van der Waals surface area contributed by atoms with Gasteiger partial charge in [-0.05, 0) is 43.0 Å². The van der Waals surface area contributed by atoms with Crippen LogP contribution in [0.5, 0.6) is 0 Å². The molecule has 1 aliphatic rings. The Balaban J connectivity index is 1.94. The van der Waals surface area contributed by atoms with Gasteiger partial charge in [-0.15, -0.1) is 0 Å². The number of aromatic nitrogens is 1. The van der Waals surface area contributed by atoms with E-state index < -0.39 is 11.4 Å². The molecule has 0 atom stereocenters. The van der Waals surface area contributed by atoms with Crippen molar-refractivity contribution in [1.29, 1.82) is 0 Å². The fourth-order valence-corrected chi connectivity index (χ4v) is 2.24. The molecule has 0 amide bonds. The minimum atomic E-state index is -0.663. The van der Waals surface area contributed by atoms with Gasteiger partial charge in [0.25, 0.3) is 0 Å². The van der Waals surface area contributed by atoms with Crippen LogP contribution in [-0.2, 0) is 11.2 Å². The van der Waals surface area contributed by atoms with Crippen LogP contribution in [0.3, 0.4) is 0 Å². The standard InChI is InChI=1S/C14H13NO2/c16-13(17)14(5-6-14)9-10-3-4-12-11(8-10)2-1-7-15-12/h1-4,7-8H,5-6,9H2,(H,16,17). The Labute approximate surface area is 99.1 Å². The van der Waals surface area contributed by atoms with Crippen molar-refractivity contribution in [2.45, 2.75) is 19.3 Å². The van der Waals surface area contributed by atoms with E-state index in [0.29, 0.717) is 6.42 Å². The number of benzene rings is 1. The SMILES string of the molecule is O=C(O)C1(Cc2ccc3ncccc3c2)CC1. The number of carbonyl (C=O) groups is 1. The summed E-state index contributed by atoms with van der Waals surface area (Å²) < 4.78 is 0. The molecule has 3 nitrogen and oxygen atoms in total. The normalized spacial score (nSPS) is 16.9. The maximum Gasteiger partial charge on any atom is 0.309 e. The van der Waals surface area contributed by atoms with Crippen LogP contribution in [0.15, 0.2) is 36.5 Å². The maximum atomic E-state index is 11.1. The van der Waals surface area contributed by atoms with Crippen molar-refractivity contribution in [2.24, 2.45) is 5.41 Å². The smallest absolute Gasteiger partial charge is 0.309 e. The molecule has 1 N–H and O–H groups in total. The minimum absolute atomic E-state index is 0.490. The molecule has 3 rings (SSSR count). The van der Waals surface area contributed by atoms with Gasteiger partial charge in [-0.25, -0.2) is 0 Å². The van der Waals surface area contributed by atoms with E-state index in [1.165, 1.54) is 0 Å². The molecule has 0 bridgehead atoms. The zero-order chi connectivity index (χ0) is 11.9. The van der Waals surface area contributed by atoms with Gasteiger partial charge in [0.05, 0.1) is 10.9 Å². The van der Waals surface area contributed by atoms with Gasteiger partial charge >= 0.3 is 5.97 Å². The number of nitrogens with zero attached hydrogens (tertiary/aromatic N) is 1. The first-order valence-electron chi connectivity index (χ1n) is 5.77. The fourth-order valence-electron chi connectivity index (χ4n) is 2.24. The molecule has 3 heteroatoms. The monoisotopic (exact) mass is 227 g/mol. The first-order valence-corrected chi connectivity index (χ1v) is 5.77. The molecule has 17 heavy (non-hydrogen) atoms. The van der Waals surface area contributed by atoms with E-state index in [0.717, 1.165) is 29.3 Å². The second kappa shape index (κ2) is 3.55. The third-order valence-electron chi connectivity index (χ3n) is 3.52. The molecule has 1 aromatic heterocycles. The Morgan fingerprint density at radius 2 is 2.18 bits per heavy atom. The lowest BCUT2D eigenvalue weighted by molar-refractivity contribution is -0.143. The molecule has 0 unspecified atom stereocenters. The Bertz CT molecular complexity index is 588. The predicted octanol–water partition coefficient (Wildman–Crippen LogP) is 2.64. The lowest BCUT2D eigenvalue weighted by Gasteiger charge is -2.09. The Hall–Kier alpha value is -1.90. The van der Waals surface area contributed by atoms with Crippen LogP contribution in [0, 0.1) is 5.41 Å². The third-order valence-corrected chi connectivity index (χ3v) is 3.52. The third kappa shape index (κ3) is 1.78. The Kier molecular flexibility index (Phi) is 2.15. The van der Waals surface area contributed by atoms with Gasteiger partial charge in [0, 0.05) is 11.6 Å². The Morgan fingerprint density at radius 1 is 1.35 bits per heavy atom. The molecule has 0 aliphatic heterocycles. The quantitative estimate of drug-likeness (QED) is 0.876. The number of aliphatic carboxylic acids is 1. The Morgan fingerprint density at radius 3 is 2.88 bits per heavy atom. The van der Waals surface area contributed by atoms with E-state index in [9.17, 15) is 4.79 Å². The largest absolute Gasteiger partial charge is 0.481 e. The molecule has 1 heterocycles. The van der Waals surface area contributed by atoms with E-state index in [1.54, 1.807) is 6.20 Å². The molecular formula is C14H13NO2. The molecule has 0 saturated heterocycles. The zero-order valence-electron chi connectivity index (χ0n) is 9.39. The summed E-state index contributed by atoms with van der Waals surface area (Å²) in [4.78, 5) is 15.4. The number of pyridine rings is 1. The van der Waals surface area contributed by atoms with Gasteiger partial charge < -0.3 is 5.11 Å². The molecule has 2 aromatic rings. The highest BCUT2D eigenvalue weighted by Gasteiger charge is 2.49. The molecule has 0 radical (unpaired) electrons. The molecular weight excluding hydrogens is 214 g/mol. The number of fused-ring (bicyclic) bond motifs is 1. The fraction of sp³-hybridized carbons (Fsp3) is 0.286. The lowest BCUT2D eigenvalue weighted by Crippen LogP contribution is -2.17. The van der Waals surface area contributed by atoms with Crippen LogP contribution < -0.4 is 0 Å². The van der Waals surface area contributed by atoms with Gasteiger partial charge in [-0.3, -0.25) is 9.78 Å². The number of rotatable bonds is 3. The van der Waals surface area contributed by atoms with Crippen molar-refractivity contribution in [1.82, 2.24) is 4.98 Å². The van der Waals surface area contributed by atoms with Crippen molar-refractivity contribution in [3.8, 4) is 0 Å². The second-order valence-corrected chi connectivity index (χ2v) is 4.79. The molecule has 1 saturated carbocycles. The first-order chi connectivity index (χ1) is 8.20. The van der Waals surface area contributed by atoms with Gasteiger partial charge in [0.1, 0.15) is 0 Å². The molecule has 1 fully saturated rings. The summed E-state index contributed by atoms with van der Waals surface area (Å²) in [6, 6.07) is 9.90. The van der Waals surface area contributed by atoms with Gasteiger partial charge in [-0.1, -0.05) is 12.1 Å². The van der Waals surface area contributed by atoms with Crippen LogP contribution in [0.4, 0.5) is 0 Å². The van der Waals surface area contributed by atoms with Crippen LogP contribution >= 0.6 is 0 Å². The summed E-state index contributed by atoms with van der Waals surface area (Å²) in [5.41, 5.74) is 1.55. The summed E-state index contributed by atoms with van der Waals surface area (Å²) in [6.45, 7) is 0. The number of hydrogen-bond acceptors (Lipinski definition) is 2. The van der Waals surface area contributed by atoms with E-state index in [4.69, 9.17) is 5.11 Å². The average molecular weight is 227 g/mol. The second-order valence-electron chi connectivity index (χ2n) is 4.79. The molecule has 1 aromatic carbocycles. The van der Waals surface area contributed by atoms with Crippen LogP contribution in [0.2, 0.25) is 0 Å². The van der Waals surface area contributed by atoms with Crippen LogP contribution in [0.25, 0.3) is 10.9 Å². The number of carboxylic acid groups (broad SMARTS) is 1. The van der Waals surface area contributed by atoms with E-state index in [2.05, 4.69) is 4.98 Å². The highest BCUT2D eigenvalue weighted by atomic mass is 16.4. The predicted molar refractivity (Wildman–Crippen MR) is 64.7 cm³/mol. The van der Waals surface area contributed by atoms with Gasteiger partial charge in [0.2, 0.25) is 0 Å². The number of hydrogen-bond donors (Lipinski definition) is 1. The zero-order valence-corrected chi connectivity index (χ0v) is 9.39. The molecule has 86 valence electrons. The molecule has 1 aliphatic carbocycles. The summed E-state index contributed by atoms with van der Waals surface area (Å²) in [6.07, 6.45) is 4.00. The van der Waals surface area contributed by atoms with Crippen molar-refractivity contribution in [3.63, 3.8) is 0 Å². The summed E-state index contributed by atoms with van der Waals surface area (Å²) in [7, 11) is 0. The van der Waals surface area contributed by atoms with Crippen LogP contribution in [-0.4, -0.2) is 16.1 Å². The number of carboxylic acids is 1. The first kappa shape index (κ1) is 10.3. The minimum Gasteiger partial charge on any atom is -0.481 e. The van der Waals surface area contributed by atoms with Gasteiger partial charge in [-0.2, -0.15) is 0 Å². The summed E-state index contributed by atoms with van der Waals surface area (Å²) in [5, 5.41) is 10.2. The highest BCUT2D eigenvalue weighted by Crippen LogP contribution is 2.48. The highest BCUT2D eigenvalue weighted by molar-refractivity contribution is 5.81. The average Bonchev–Trinajstić information content (AvgIpc) is 3.10. The summed E-state index contributed by atoms with van der Waals surface area (Å²) >= 11 is 0. The van der Waals surface area contributed by atoms with Crippen molar-refractivity contribution in [3.05, 3.63) is 42.1 Å². The van der Waals surface area contributed by atoms with Crippen LogP contribution in [0.1, 0.15) is 18.4 Å². The van der Waals surface area contributed by atoms with Crippen molar-refractivity contribution < 1.29 is 9.90 Å². The molecule has 0 spiro atoms. The lowest BCUT2D eigenvalue weighted by atomic mass is 9.96. The maximum absolute atomic E-state index is 11.1. The summed E-state index contributed by atoms with van der Waals surface area (Å²) in [5.74, 6) is -0.663. The topological polar surface area (TPSA) is 50.2 Å². The van der Waals surface area contributed by atoms with E-state index in [1.807, 2.05) is 30.3 Å². The van der Waals surface area contributed by atoms with E-state index >= 15 is 0 Å².